The summed E-state index contributed by atoms with van der Waals surface area (Å²) in [6.07, 6.45) is 4.69. The summed E-state index contributed by atoms with van der Waals surface area (Å²) in [6, 6.07) is 10.4. The topological polar surface area (TPSA) is 46.4 Å². The number of carbonyl (C=O) groups is 1. The number of rotatable bonds is 3. The molecule has 0 atom stereocenters. The maximum atomic E-state index is 12.0. The van der Waals surface area contributed by atoms with Gasteiger partial charge < -0.3 is 5.32 Å². The lowest BCUT2D eigenvalue weighted by Gasteiger charge is -2.28. The fourth-order valence-corrected chi connectivity index (χ4v) is 2.66. The first-order chi connectivity index (χ1) is 9.33. The van der Waals surface area contributed by atoms with Crippen LogP contribution in [0.1, 0.15) is 18.4 Å². The summed E-state index contributed by atoms with van der Waals surface area (Å²) in [7, 11) is 0. The van der Waals surface area contributed by atoms with E-state index >= 15 is 0 Å². The van der Waals surface area contributed by atoms with Crippen LogP contribution < -0.4 is 10.6 Å². The van der Waals surface area contributed by atoms with Crippen LogP contribution in [0.3, 0.4) is 0 Å². The standard InChI is InChI=1S/C15H18N3O/c19-15-17-13(10-12-4-2-1-3-5-12)11-18(15)14-6-8-16-9-7-14/h1-5,11,14,16H,6-10H2. The Morgan fingerprint density at radius 2 is 1.95 bits per heavy atom. The molecule has 3 rings (SSSR count). The lowest BCUT2D eigenvalue weighted by molar-refractivity contribution is 0.197. The van der Waals surface area contributed by atoms with Crippen molar-refractivity contribution < 1.29 is 4.79 Å². The van der Waals surface area contributed by atoms with Crippen molar-refractivity contribution in [2.75, 3.05) is 13.1 Å². The number of piperidine rings is 1. The van der Waals surface area contributed by atoms with Crippen molar-refractivity contribution in [1.82, 2.24) is 15.5 Å². The lowest BCUT2D eigenvalue weighted by Crippen LogP contribution is -2.42. The second-order valence-corrected chi connectivity index (χ2v) is 5.07. The predicted octanol–water partition coefficient (Wildman–Crippen LogP) is 1.86. The molecule has 1 aromatic carbocycles. The van der Waals surface area contributed by atoms with Gasteiger partial charge in [0, 0.05) is 18.7 Å². The fraction of sp³-hybridized carbons (Fsp3) is 0.400. The number of urea groups is 1. The van der Waals surface area contributed by atoms with Gasteiger partial charge in [-0.25, -0.2) is 4.79 Å². The maximum Gasteiger partial charge on any atom is 0.348 e. The van der Waals surface area contributed by atoms with Crippen LogP contribution in [0.5, 0.6) is 0 Å². The van der Waals surface area contributed by atoms with Crippen LogP contribution >= 0.6 is 0 Å². The molecule has 1 saturated heterocycles. The van der Waals surface area contributed by atoms with Crippen molar-refractivity contribution in [1.29, 1.82) is 0 Å². The van der Waals surface area contributed by atoms with E-state index in [0.717, 1.165) is 38.0 Å². The molecule has 2 aliphatic heterocycles. The number of hydrogen-bond donors (Lipinski definition) is 1. The molecule has 0 saturated carbocycles. The zero-order valence-electron chi connectivity index (χ0n) is 10.9. The third-order valence-electron chi connectivity index (χ3n) is 3.68. The smallest absolute Gasteiger partial charge is 0.317 e. The first-order valence-electron chi connectivity index (χ1n) is 6.82. The highest BCUT2D eigenvalue weighted by molar-refractivity contribution is 5.80. The largest absolute Gasteiger partial charge is 0.348 e. The number of allylic oxidation sites excluding steroid dienone is 1. The Morgan fingerprint density at radius 3 is 2.68 bits per heavy atom. The van der Waals surface area contributed by atoms with Gasteiger partial charge in [0.1, 0.15) is 0 Å². The van der Waals surface area contributed by atoms with E-state index in [-0.39, 0.29) is 6.03 Å². The molecule has 19 heavy (non-hydrogen) atoms. The SMILES string of the molecule is O=C1[N]C(Cc2ccccc2)=CN1C1CCNCC1. The van der Waals surface area contributed by atoms with Crippen molar-refractivity contribution in [3.8, 4) is 0 Å². The zero-order chi connectivity index (χ0) is 13.1. The molecular formula is C15H18N3O. The van der Waals surface area contributed by atoms with E-state index in [0.29, 0.717) is 6.04 Å². The van der Waals surface area contributed by atoms with Gasteiger partial charge in [-0.3, -0.25) is 4.90 Å². The third-order valence-corrected chi connectivity index (χ3v) is 3.68. The molecule has 0 bridgehead atoms. The molecule has 4 heteroatoms. The normalized spacial score (nSPS) is 20.3. The van der Waals surface area contributed by atoms with Crippen molar-refractivity contribution >= 4 is 6.03 Å². The summed E-state index contributed by atoms with van der Waals surface area (Å²) in [5, 5.41) is 7.48. The highest BCUT2D eigenvalue weighted by atomic mass is 16.2. The first-order valence-corrected chi connectivity index (χ1v) is 6.82. The van der Waals surface area contributed by atoms with Crippen LogP contribution in [-0.4, -0.2) is 30.1 Å². The molecule has 0 spiro atoms. The average Bonchev–Trinajstić information content (AvgIpc) is 2.82. The van der Waals surface area contributed by atoms with Gasteiger partial charge >= 0.3 is 6.03 Å². The maximum absolute atomic E-state index is 12.0. The first kappa shape index (κ1) is 12.2. The third kappa shape index (κ3) is 2.79. The second kappa shape index (κ2) is 5.45. The van der Waals surface area contributed by atoms with Crippen molar-refractivity contribution in [2.24, 2.45) is 0 Å². The summed E-state index contributed by atoms with van der Waals surface area (Å²) in [4.78, 5) is 13.8. The Labute approximate surface area is 113 Å². The lowest BCUT2D eigenvalue weighted by atomic mass is 10.1. The molecule has 0 aromatic heterocycles. The summed E-state index contributed by atoms with van der Waals surface area (Å²) in [6.45, 7) is 1.96. The Hall–Kier alpha value is -1.81. The van der Waals surface area contributed by atoms with Crippen LogP contribution in [0, 0.1) is 0 Å². The molecule has 2 aliphatic rings. The quantitative estimate of drug-likeness (QED) is 0.897. The fourth-order valence-electron chi connectivity index (χ4n) is 2.66. The highest BCUT2D eigenvalue weighted by Crippen LogP contribution is 2.20. The molecule has 0 unspecified atom stereocenters. The van der Waals surface area contributed by atoms with Crippen molar-refractivity contribution in [3.63, 3.8) is 0 Å². The summed E-state index contributed by atoms with van der Waals surface area (Å²) >= 11 is 0. The number of hydrogen-bond acceptors (Lipinski definition) is 2. The minimum Gasteiger partial charge on any atom is -0.317 e. The van der Waals surface area contributed by atoms with E-state index in [4.69, 9.17) is 0 Å². The monoisotopic (exact) mass is 256 g/mol. The van der Waals surface area contributed by atoms with Crippen LogP contribution in [0.4, 0.5) is 4.79 Å². The van der Waals surface area contributed by atoms with E-state index < -0.39 is 0 Å². The van der Waals surface area contributed by atoms with Gasteiger partial charge in [0.05, 0.1) is 5.70 Å². The number of nitrogens with one attached hydrogen (secondary N) is 1. The molecule has 1 fully saturated rings. The van der Waals surface area contributed by atoms with Gasteiger partial charge in [-0.2, -0.15) is 5.32 Å². The van der Waals surface area contributed by atoms with E-state index in [9.17, 15) is 4.79 Å². The van der Waals surface area contributed by atoms with Crippen molar-refractivity contribution in [2.45, 2.75) is 25.3 Å². The zero-order valence-corrected chi connectivity index (χ0v) is 10.9. The summed E-state index contributed by atoms with van der Waals surface area (Å²) in [5.74, 6) is 0. The van der Waals surface area contributed by atoms with Crippen molar-refractivity contribution in [3.05, 3.63) is 47.8 Å². The highest BCUT2D eigenvalue weighted by Gasteiger charge is 2.30. The second-order valence-electron chi connectivity index (χ2n) is 5.07. The minimum absolute atomic E-state index is 0.0992. The predicted molar refractivity (Wildman–Crippen MR) is 73.5 cm³/mol. The molecule has 1 radical (unpaired) electrons. The van der Waals surface area contributed by atoms with Crippen LogP contribution in [0.25, 0.3) is 0 Å². The van der Waals surface area contributed by atoms with Gasteiger partial charge in [0.15, 0.2) is 0 Å². The Balaban J connectivity index is 1.68. The van der Waals surface area contributed by atoms with Gasteiger partial charge in [0.25, 0.3) is 0 Å². The Morgan fingerprint density at radius 1 is 1.21 bits per heavy atom. The van der Waals surface area contributed by atoms with Gasteiger partial charge in [0.2, 0.25) is 0 Å². The van der Waals surface area contributed by atoms with Crippen LogP contribution in [-0.2, 0) is 6.42 Å². The van der Waals surface area contributed by atoms with Gasteiger partial charge in [-0.05, 0) is 31.5 Å². The molecule has 4 nitrogen and oxygen atoms in total. The van der Waals surface area contributed by atoms with Gasteiger partial charge in [-0.1, -0.05) is 30.3 Å². The number of amides is 2. The minimum atomic E-state index is -0.0992. The average molecular weight is 256 g/mol. The molecule has 2 heterocycles. The Kier molecular flexibility index (Phi) is 3.51. The number of benzene rings is 1. The van der Waals surface area contributed by atoms with E-state index in [2.05, 4.69) is 22.8 Å². The molecule has 2 amide bonds. The molecule has 0 aliphatic carbocycles. The Bertz CT molecular complexity index is 477. The van der Waals surface area contributed by atoms with E-state index in [1.54, 1.807) is 0 Å². The van der Waals surface area contributed by atoms with E-state index in [1.807, 2.05) is 29.3 Å². The molecule has 1 aromatic rings. The summed E-state index contributed by atoms with van der Waals surface area (Å²) in [5.41, 5.74) is 2.06. The molecule has 1 N–H and O–H groups in total. The van der Waals surface area contributed by atoms with E-state index in [1.165, 1.54) is 5.56 Å². The molecule has 99 valence electrons. The summed E-state index contributed by atoms with van der Waals surface area (Å²) < 4.78 is 0. The number of nitrogens with zero attached hydrogens (tertiary/aromatic N) is 2. The van der Waals surface area contributed by atoms with Crippen LogP contribution in [0.2, 0.25) is 0 Å². The van der Waals surface area contributed by atoms with Gasteiger partial charge in [-0.15, -0.1) is 0 Å². The number of carbonyl (C=O) groups excluding carboxylic acids is 1. The van der Waals surface area contributed by atoms with Crippen LogP contribution in [0.15, 0.2) is 42.2 Å². The molecular weight excluding hydrogens is 238 g/mol.